The van der Waals surface area contributed by atoms with Crippen molar-refractivity contribution in [1.29, 1.82) is 0 Å². The maximum absolute atomic E-state index is 12.2. The van der Waals surface area contributed by atoms with Gasteiger partial charge in [0.15, 0.2) is 0 Å². The molecule has 1 aromatic carbocycles. The summed E-state index contributed by atoms with van der Waals surface area (Å²) in [5, 5.41) is 2.38. The molecule has 0 aliphatic carbocycles. The summed E-state index contributed by atoms with van der Waals surface area (Å²) in [6.07, 6.45) is -5.25. The number of alkyl halides is 3. The Labute approximate surface area is 124 Å². The van der Waals surface area contributed by atoms with E-state index in [1.165, 1.54) is 24.3 Å². The molecule has 0 saturated heterocycles. The molecule has 8 heteroatoms. The second kappa shape index (κ2) is 6.46. The van der Waals surface area contributed by atoms with Crippen LogP contribution in [0.25, 0.3) is 0 Å². The first-order valence-corrected chi connectivity index (χ1v) is 7.33. The molecule has 0 fully saturated rings. The lowest BCUT2D eigenvalue weighted by Gasteiger charge is -2.19. The SMILES string of the molecule is CC(C)(C)OC(=O)Nc1cccc(S(=O)CC(F)(F)F)c1.[HH]. The van der Waals surface area contributed by atoms with E-state index in [-0.39, 0.29) is 12.0 Å². The Hall–Kier alpha value is -1.57. The van der Waals surface area contributed by atoms with E-state index in [9.17, 15) is 22.2 Å². The maximum atomic E-state index is 12.2. The number of rotatable bonds is 3. The zero-order valence-corrected chi connectivity index (χ0v) is 12.6. The van der Waals surface area contributed by atoms with Crippen molar-refractivity contribution in [3.63, 3.8) is 0 Å². The van der Waals surface area contributed by atoms with Gasteiger partial charge in [0, 0.05) is 12.0 Å². The van der Waals surface area contributed by atoms with Crippen LogP contribution >= 0.6 is 0 Å². The molecule has 1 atom stereocenters. The maximum Gasteiger partial charge on any atom is 0.412 e. The molecule has 0 heterocycles. The average Bonchev–Trinajstić information content (AvgIpc) is 2.24. The van der Waals surface area contributed by atoms with Crippen molar-refractivity contribution >= 4 is 22.6 Å². The Morgan fingerprint density at radius 1 is 1.33 bits per heavy atom. The van der Waals surface area contributed by atoms with Crippen LogP contribution in [0.4, 0.5) is 23.7 Å². The molecular weight excluding hydrogens is 307 g/mol. The summed E-state index contributed by atoms with van der Waals surface area (Å²) in [7, 11) is -2.21. The zero-order valence-electron chi connectivity index (χ0n) is 11.8. The lowest BCUT2D eigenvalue weighted by molar-refractivity contribution is -0.105. The molecule has 0 aliphatic rings. The number of ether oxygens (including phenoxy) is 1. The molecule has 120 valence electrons. The molecule has 0 radical (unpaired) electrons. The van der Waals surface area contributed by atoms with Gasteiger partial charge in [0.05, 0.1) is 10.8 Å². The highest BCUT2D eigenvalue weighted by Gasteiger charge is 2.31. The molecule has 0 aliphatic heterocycles. The Balaban J connectivity index is 0.00000441. The number of carbonyl (C=O) groups is 1. The third-order valence-corrected chi connectivity index (χ3v) is 3.41. The molecule has 21 heavy (non-hydrogen) atoms. The number of hydrogen-bond acceptors (Lipinski definition) is 3. The Kier molecular flexibility index (Phi) is 5.38. The number of halogens is 3. The van der Waals surface area contributed by atoms with Crippen LogP contribution < -0.4 is 5.32 Å². The predicted molar refractivity (Wildman–Crippen MR) is 75.7 cm³/mol. The monoisotopic (exact) mass is 325 g/mol. The van der Waals surface area contributed by atoms with Crippen molar-refractivity contribution in [3.8, 4) is 0 Å². The second-order valence-corrected chi connectivity index (χ2v) is 6.71. The molecule has 1 rings (SSSR count). The van der Waals surface area contributed by atoms with E-state index in [0.717, 1.165) is 0 Å². The van der Waals surface area contributed by atoms with Gasteiger partial charge in [-0.05, 0) is 39.0 Å². The van der Waals surface area contributed by atoms with Gasteiger partial charge in [-0.3, -0.25) is 9.53 Å². The van der Waals surface area contributed by atoms with Crippen molar-refractivity contribution in [3.05, 3.63) is 24.3 Å². The fraction of sp³-hybridized carbons (Fsp3) is 0.462. The van der Waals surface area contributed by atoms with Gasteiger partial charge in [-0.2, -0.15) is 13.2 Å². The van der Waals surface area contributed by atoms with E-state index < -0.39 is 34.4 Å². The first-order chi connectivity index (χ1) is 9.46. The molecule has 4 nitrogen and oxygen atoms in total. The number of amides is 1. The normalized spacial score (nSPS) is 13.6. The smallest absolute Gasteiger partial charge is 0.412 e. The summed E-state index contributed by atoms with van der Waals surface area (Å²) >= 11 is 0. The van der Waals surface area contributed by atoms with Gasteiger partial charge in [-0.15, -0.1) is 0 Å². The lowest BCUT2D eigenvalue weighted by atomic mass is 10.2. The van der Waals surface area contributed by atoms with Crippen molar-refractivity contribution in [2.75, 3.05) is 11.1 Å². The Morgan fingerprint density at radius 2 is 1.95 bits per heavy atom. The van der Waals surface area contributed by atoms with Crippen molar-refractivity contribution in [2.24, 2.45) is 0 Å². The summed E-state index contributed by atoms with van der Waals surface area (Å²) in [4.78, 5) is 11.5. The molecule has 0 spiro atoms. The zero-order chi connectivity index (χ0) is 16.3. The number of nitrogens with one attached hydrogen (secondary N) is 1. The first-order valence-electron chi connectivity index (χ1n) is 6.01. The minimum absolute atomic E-state index is 0. The van der Waals surface area contributed by atoms with Crippen molar-refractivity contribution < 1.29 is 28.3 Å². The molecule has 1 aromatic rings. The summed E-state index contributed by atoms with van der Waals surface area (Å²) in [6, 6.07) is 5.42. The van der Waals surface area contributed by atoms with Crippen molar-refractivity contribution in [1.82, 2.24) is 0 Å². The van der Waals surface area contributed by atoms with Crippen molar-refractivity contribution in [2.45, 2.75) is 37.4 Å². The lowest BCUT2D eigenvalue weighted by Crippen LogP contribution is -2.27. The Morgan fingerprint density at radius 3 is 2.48 bits per heavy atom. The standard InChI is InChI=1S/C13H16F3NO3S.H2/c1-12(2,3)20-11(18)17-9-5-4-6-10(7-9)21(19)8-13(14,15)16;/h4-7H,8H2,1-3H3,(H,17,18);1H. The van der Waals surface area contributed by atoms with Gasteiger partial charge in [0.1, 0.15) is 11.4 Å². The largest absolute Gasteiger partial charge is 0.444 e. The van der Waals surface area contributed by atoms with Gasteiger partial charge in [0.2, 0.25) is 0 Å². The van der Waals surface area contributed by atoms with Gasteiger partial charge in [-0.1, -0.05) is 6.07 Å². The summed E-state index contributed by atoms with van der Waals surface area (Å²) < 4.78 is 53.2. The topological polar surface area (TPSA) is 55.4 Å². The fourth-order valence-corrected chi connectivity index (χ4v) is 2.32. The van der Waals surface area contributed by atoms with Gasteiger partial charge in [-0.25, -0.2) is 4.79 Å². The van der Waals surface area contributed by atoms with Crippen LogP contribution in [-0.2, 0) is 15.5 Å². The number of benzene rings is 1. The van der Waals surface area contributed by atoms with E-state index in [1.54, 1.807) is 20.8 Å². The second-order valence-electron chi connectivity index (χ2n) is 5.26. The van der Waals surface area contributed by atoms with E-state index in [1.807, 2.05) is 0 Å². The third kappa shape index (κ3) is 7.12. The highest BCUT2D eigenvalue weighted by Crippen LogP contribution is 2.21. The molecule has 1 amide bonds. The van der Waals surface area contributed by atoms with Crippen LogP contribution in [0, 0.1) is 0 Å². The summed E-state index contributed by atoms with van der Waals surface area (Å²) in [5.41, 5.74) is -0.474. The summed E-state index contributed by atoms with van der Waals surface area (Å²) in [5.74, 6) is -1.43. The number of anilines is 1. The minimum Gasteiger partial charge on any atom is -0.444 e. The Bertz CT molecular complexity index is 544. The van der Waals surface area contributed by atoms with E-state index >= 15 is 0 Å². The highest BCUT2D eigenvalue weighted by molar-refractivity contribution is 7.85. The van der Waals surface area contributed by atoms with Crippen LogP contribution in [0.1, 0.15) is 22.2 Å². The quantitative estimate of drug-likeness (QED) is 0.915. The minimum atomic E-state index is -4.51. The third-order valence-electron chi connectivity index (χ3n) is 2.04. The fourth-order valence-electron chi connectivity index (χ4n) is 1.37. The van der Waals surface area contributed by atoms with Gasteiger partial charge in [0.25, 0.3) is 0 Å². The number of hydrogen-bond donors (Lipinski definition) is 1. The molecule has 1 N–H and O–H groups in total. The van der Waals surface area contributed by atoms with Gasteiger partial charge < -0.3 is 4.74 Å². The number of carbonyl (C=O) groups excluding carboxylic acids is 1. The van der Waals surface area contributed by atoms with Crippen LogP contribution in [-0.4, -0.2) is 27.8 Å². The van der Waals surface area contributed by atoms with E-state index in [2.05, 4.69) is 5.32 Å². The average molecular weight is 325 g/mol. The molecule has 0 saturated carbocycles. The molecule has 0 bridgehead atoms. The summed E-state index contributed by atoms with van der Waals surface area (Å²) in [6.45, 7) is 5.05. The predicted octanol–water partition coefficient (Wildman–Crippen LogP) is 3.95. The first kappa shape index (κ1) is 17.5. The van der Waals surface area contributed by atoms with E-state index in [4.69, 9.17) is 4.74 Å². The highest BCUT2D eigenvalue weighted by atomic mass is 32.2. The van der Waals surface area contributed by atoms with Crippen LogP contribution in [0.5, 0.6) is 0 Å². The van der Waals surface area contributed by atoms with Crippen LogP contribution in [0.2, 0.25) is 0 Å². The van der Waals surface area contributed by atoms with Gasteiger partial charge >= 0.3 is 12.3 Å². The molecular formula is C13H18F3NO3S. The molecule has 0 aromatic heterocycles. The van der Waals surface area contributed by atoms with Crippen LogP contribution in [0.15, 0.2) is 29.2 Å². The van der Waals surface area contributed by atoms with Crippen LogP contribution in [0.3, 0.4) is 0 Å². The van der Waals surface area contributed by atoms with E-state index in [0.29, 0.717) is 0 Å². The molecule has 1 unspecified atom stereocenters.